The molecule has 0 spiro atoms. The zero-order valence-corrected chi connectivity index (χ0v) is 11.8. The summed E-state index contributed by atoms with van der Waals surface area (Å²) in [5.74, 6) is -0.192. The number of hydrogen-bond acceptors (Lipinski definition) is 5. The molecule has 0 atom stereocenters. The molecule has 0 saturated heterocycles. The lowest BCUT2D eigenvalue weighted by Crippen LogP contribution is -2.26. The van der Waals surface area contributed by atoms with Crippen molar-refractivity contribution in [3.8, 4) is 0 Å². The summed E-state index contributed by atoms with van der Waals surface area (Å²) in [6.45, 7) is 5.49. The van der Waals surface area contributed by atoms with Crippen molar-refractivity contribution in [1.29, 1.82) is 0 Å². The molecule has 0 N–H and O–H groups in total. The quantitative estimate of drug-likeness (QED) is 0.713. The van der Waals surface area contributed by atoms with E-state index in [9.17, 15) is 4.79 Å². The third-order valence-electron chi connectivity index (χ3n) is 2.87. The summed E-state index contributed by atoms with van der Waals surface area (Å²) in [6.07, 6.45) is 3.96. The molecule has 1 saturated carbocycles. The van der Waals surface area contributed by atoms with Crippen molar-refractivity contribution in [1.82, 2.24) is 4.98 Å². The van der Waals surface area contributed by atoms with Crippen molar-refractivity contribution in [3.63, 3.8) is 0 Å². The summed E-state index contributed by atoms with van der Waals surface area (Å²) >= 11 is 1.63. The SMILES string of the molecule is CCCN(c1nc(CC(=O)OCC)cs1)C1CC1. The van der Waals surface area contributed by atoms with Crippen LogP contribution >= 0.6 is 11.3 Å². The molecule has 5 heteroatoms. The average Bonchev–Trinajstić information content (AvgIpc) is 3.07. The van der Waals surface area contributed by atoms with Crippen LogP contribution in [0.4, 0.5) is 5.13 Å². The van der Waals surface area contributed by atoms with E-state index in [1.54, 1.807) is 11.3 Å². The van der Waals surface area contributed by atoms with Gasteiger partial charge in [0.25, 0.3) is 0 Å². The second kappa shape index (κ2) is 6.18. The molecule has 0 amide bonds. The molecule has 1 heterocycles. The monoisotopic (exact) mass is 268 g/mol. The molecule has 0 unspecified atom stereocenters. The lowest BCUT2D eigenvalue weighted by molar-refractivity contribution is -0.142. The fraction of sp³-hybridized carbons (Fsp3) is 0.692. The smallest absolute Gasteiger partial charge is 0.311 e. The predicted octanol–water partition coefficient (Wildman–Crippen LogP) is 2.63. The standard InChI is InChI=1S/C13H20N2O2S/c1-3-7-15(11-5-6-11)13-14-10(9-18-13)8-12(16)17-4-2/h9,11H,3-8H2,1-2H3. The molecule has 18 heavy (non-hydrogen) atoms. The van der Waals surface area contributed by atoms with Gasteiger partial charge in [-0.1, -0.05) is 6.92 Å². The molecule has 1 fully saturated rings. The lowest BCUT2D eigenvalue weighted by atomic mass is 10.3. The Balaban J connectivity index is 1.97. The first-order valence-electron chi connectivity index (χ1n) is 6.61. The molecule has 2 rings (SSSR count). The highest BCUT2D eigenvalue weighted by molar-refractivity contribution is 7.13. The molecular formula is C13H20N2O2S. The first kappa shape index (κ1) is 13.3. The highest BCUT2D eigenvalue weighted by Gasteiger charge is 2.30. The first-order chi connectivity index (χ1) is 8.74. The third-order valence-corrected chi connectivity index (χ3v) is 3.79. The van der Waals surface area contributed by atoms with Crippen LogP contribution in [0.1, 0.15) is 38.8 Å². The maximum atomic E-state index is 11.4. The van der Waals surface area contributed by atoms with E-state index in [0.717, 1.165) is 23.8 Å². The van der Waals surface area contributed by atoms with Crippen LogP contribution in [0.2, 0.25) is 0 Å². The summed E-state index contributed by atoms with van der Waals surface area (Å²) in [7, 11) is 0. The molecule has 100 valence electrons. The fourth-order valence-electron chi connectivity index (χ4n) is 1.93. The number of esters is 1. The first-order valence-corrected chi connectivity index (χ1v) is 7.49. The van der Waals surface area contributed by atoms with Crippen molar-refractivity contribution in [2.45, 2.75) is 45.6 Å². The molecule has 1 aliphatic carbocycles. The lowest BCUT2D eigenvalue weighted by Gasteiger charge is -2.20. The third kappa shape index (κ3) is 3.45. The average molecular weight is 268 g/mol. The van der Waals surface area contributed by atoms with E-state index < -0.39 is 0 Å². The summed E-state index contributed by atoms with van der Waals surface area (Å²) < 4.78 is 4.93. The van der Waals surface area contributed by atoms with E-state index in [2.05, 4.69) is 16.8 Å². The molecule has 1 aromatic heterocycles. The number of ether oxygens (including phenoxy) is 1. The van der Waals surface area contributed by atoms with Gasteiger partial charge in [0.05, 0.1) is 18.7 Å². The van der Waals surface area contributed by atoms with Crippen molar-refractivity contribution in [2.75, 3.05) is 18.1 Å². The molecule has 0 aromatic carbocycles. The van der Waals surface area contributed by atoms with Gasteiger partial charge in [-0.05, 0) is 26.2 Å². The zero-order chi connectivity index (χ0) is 13.0. The highest BCUT2D eigenvalue weighted by Crippen LogP contribution is 2.33. The van der Waals surface area contributed by atoms with Gasteiger partial charge in [0.2, 0.25) is 0 Å². The van der Waals surface area contributed by atoms with E-state index >= 15 is 0 Å². The van der Waals surface area contributed by atoms with Crippen LogP contribution in [0.15, 0.2) is 5.38 Å². The van der Waals surface area contributed by atoms with Crippen LogP contribution in [0, 0.1) is 0 Å². The number of aromatic nitrogens is 1. The zero-order valence-electron chi connectivity index (χ0n) is 11.0. The van der Waals surface area contributed by atoms with Gasteiger partial charge < -0.3 is 9.64 Å². The maximum absolute atomic E-state index is 11.4. The molecule has 1 aliphatic rings. The molecule has 0 radical (unpaired) electrons. The van der Waals surface area contributed by atoms with Gasteiger partial charge in [-0.25, -0.2) is 4.98 Å². The number of thiazole rings is 1. The number of anilines is 1. The Labute approximate surface area is 112 Å². The van der Waals surface area contributed by atoms with Crippen molar-refractivity contribution >= 4 is 22.4 Å². The molecule has 1 aromatic rings. The van der Waals surface area contributed by atoms with E-state index in [-0.39, 0.29) is 12.4 Å². The Bertz CT molecular complexity index is 401. The molecule has 4 nitrogen and oxygen atoms in total. The van der Waals surface area contributed by atoms with Gasteiger partial charge in [-0.3, -0.25) is 4.79 Å². The molecule has 0 aliphatic heterocycles. The topological polar surface area (TPSA) is 42.4 Å². The van der Waals surface area contributed by atoms with Crippen LogP contribution in [-0.4, -0.2) is 30.1 Å². The van der Waals surface area contributed by atoms with Gasteiger partial charge >= 0.3 is 5.97 Å². The molecular weight excluding hydrogens is 248 g/mol. The van der Waals surface area contributed by atoms with E-state index in [1.165, 1.54) is 12.8 Å². The predicted molar refractivity (Wildman–Crippen MR) is 73.1 cm³/mol. The van der Waals surface area contributed by atoms with Gasteiger partial charge in [-0.2, -0.15) is 0 Å². The second-order valence-corrected chi connectivity index (χ2v) is 5.36. The van der Waals surface area contributed by atoms with E-state index in [0.29, 0.717) is 12.6 Å². The Morgan fingerprint density at radius 3 is 2.94 bits per heavy atom. The minimum absolute atomic E-state index is 0.192. The fourth-order valence-corrected chi connectivity index (χ4v) is 2.85. The van der Waals surface area contributed by atoms with E-state index in [1.807, 2.05) is 12.3 Å². The Morgan fingerprint density at radius 2 is 2.33 bits per heavy atom. The van der Waals surface area contributed by atoms with Crippen LogP contribution in [0.3, 0.4) is 0 Å². The number of rotatable bonds is 7. The summed E-state index contributed by atoms with van der Waals surface area (Å²) in [4.78, 5) is 18.3. The largest absolute Gasteiger partial charge is 0.466 e. The van der Waals surface area contributed by atoms with Gasteiger partial charge in [-0.15, -0.1) is 11.3 Å². The van der Waals surface area contributed by atoms with Crippen LogP contribution in [0.25, 0.3) is 0 Å². The normalized spacial score (nSPS) is 14.6. The van der Waals surface area contributed by atoms with Gasteiger partial charge in [0, 0.05) is 18.0 Å². The number of carbonyl (C=O) groups is 1. The minimum atomic E-state index is -0.192. The second-order valence-electron chi connectivity index (χ2n) is 4.53. The summed E-state index contributed by atoms with van der Waals surface area (Å²) in [5, 5.41) is 3.02. The van der Waals surface area contributed by atoms with Crippen LogP contribution in [0.5, 0.6) is 0 Å². The highest BCUT2D eigenvalue weighted by atomic mass is 32.1. The number of carbonyl (C=O) groups excluding carboxylic acids is 1. The van der Waals surface area contributed by atoms with Crippen LogP contribution in [-0.2, 0) is 16.0 Å². The van der Waals surface area contributed by atoms with Gasteiger partial charge in [0.1, 0.15) is 0 Å². The maximum Gasteiger partial charge on any atom is 0.311 e. The summed E-state index contributed by atoms with van der Waals surface area (Å²) in [6, 6.07) is 0.673. The Kier molecular flexibility index (Phi) is 4.58. The van der Waals surface area contributed by atoms with Crippen molar-refractivity contribution < 1.29 is 9.53 Å². The minimum Gasteiger partial charge on any atom is -0.466 e. The van der Waals surface area contributed by atoms with Gasteiger partial charge in [0.15, 0.2) is 5.13 Å². The van der Waals surface area contributed by atoms with E-state index in [4.69, 9.17) is 4.74 Å². The van der Waals surface area contributed by atoms with Crippen molar-refractivity contribution in [3.05, 3.63) is 11.1 Å². The van der Waals surface area contributed by atoms with Crippen LogP contribution < -0.4 is 4.90 Å². The number of hydrogen-bond donors (Lipinski definition) is 0. The Morgan fingerprint density at radius 1 is 1.56 bits per heavy atom. The summed E-state index contributed by atoms with van der Waals surface area (Å²) in [5.41, 5.74) is 0.829. The Hall–Kier alpha value is -1.10. The number of nitrogens with zero attached hydrogens (tertiary/aromatic N) is 2. The molecule has 0 bridgehead atoms. The van der Waals surface area contributed by atoms with Crippen molar-refractivity contribution in [2.24, 2.45) is 0 Å².